The number of nitriles is 2. The number of para-hydroxylation sites is 2. The summed E-state index contributed by atoms with van der Waals surface area (Å²) in [5, 5.41) is 34.0. The minimum Gasteiger partial charge on any atom is -0.349 e. The molecule has 0 saturated carbocycles. The van der Waals surface area contributed by atoms with Gasteiger partial charge < -0.3 is 5.32 Å². The fourth-order valence-corrected chi connectivity index (χ4v) is 6.64. The minimum atomic E-state index is -0.410. The summed E-state index contributed by atoms with van der Waals surface area (Å²) in [4.78, 5) is 4.02. The van der Waals surface area contributed by atoms with E-state index in [1.165, 1.54) is 11.8 Å². The van der Waals surface area contributed by atoms with Crippen molar-refractivity contribution in [2.75, 3.05) is 10.2 Å². The van der Waals surface area contributed by atoms with E-state index < -0.39 is 5.92 Å². The number of anilines is 2. The van der Waals surface area contributed by atoms with E-state index in [1.54, 1.807) is 23.9 Å². The molecule has 0 amide bonds. The monoisotopic (exact) mass is 461 g/mol. The number of amidine groups is 1. The first-order chi connectivity index (χ1) is 16.2. The van der Waals surface area contributed by atoms with E-state index in [-0.39, 0.29) is 0 Å². The highest BCUT2D eigenvalue weighted by Gasteiger charge is 2.44. The molecule has 3 aliphatic heterocycles. The highest BCUT2D eigenvalue weighted by molar-refractivity contribution is 8.04. The lowest BCUT2D eigenvalue weighted by atomic mass is 9.82. The average Bonchev–Trinajstić information content (AvgIpc) is 3.45. The minimum absolute atomic E-state index is 0.360. The zero-order valence-electron chi connectivity index (χ0n) is 17.2. The molecule has 0 aromatic heterocycles. The van der Waals surface area contributed by atoms with E-state index in [4.69, 9.17) is 0 Å². The maximum atomic E-state index is 10.3. The van der Waals surface area contributed by atoms with Crippen molar-refractivity contribution in [1.82, 2.24) is 0 Å². The number of nitrogens with one attached hydrogen (secondary N) is 2. The van der Waals surface area contributed by atoms with Crippen molar-refractivity contribution in [3.63, 3.8) is 0 Å². The Morgan fingerprint density at radius 1 is 0.848 bits per heavy atom. The second kappa shape index (κ2) is 7.60. The van der Waals surface area contributed by atoms with Gasteiger partial charge in [0.1, 0.15) is 10.9 Å². The Labute approximate surface area is 199 Å². The van der Waals surface area contributed by atoms with Crippen LogP contribution in [0.5, 0.6) is 0 Å². The molecule has 0 bridgehead atoms. The first kappa shape index (κ1) is 19.8. The Morgan fingerprint density at radius 2 is 1.58 bits per heavy atom. The number of benzene rings is 3. The Morgan fingerprint density at radius 3 is 2.30 bits per heavy atom. The van der Waals surface area contributed by atoms with Gasteiger partial charge in [0.15, 0.2) is 0 Å². The van der Waals surface area contributed by atoms with Gasteiger partial charge in [-0.25, -0.2) is 0 Å². The van der Waals surface area contributed by atoms with Gasteiger partial charge in [-0.15, -0.1) is 0 Å². The maximum absolute atomic E-state index is 10.3. The molecule has 156 valence electrons. The summed E-state index contributed by atoms with van der Waals surface area (Å²) in [7, 11) is 0. The second-order valence-corrected chi connectivity index (χ2v) is 9.80. The summed E-state index contributed by atoms with van der Waals surface area (Å²) >= 11 is 3.12. The van der Waals surface area contributed by atoms with E-state index in [2.05, 4.69) is 23.5 Å². The van der Waals surface area contributed by atoms with Crippen LogP contribution in [-0.2, 0) is 0 Å². The SMILES string of the molecule is N#CC1=C2Sc3ccccc3N2C(=N)C(=C2Nc3ccccc3S2)C1c1ccc(C#N)cc1. The molecule has 2 N–H and O–H groups in total. The zero-order chi connectivity index (χ0) is 22.5. The lowest BCUT2D eigenvalue weighted by Crippen LogP contribution is -2.37. The number of thioether (sulfide) groups is 2. The molecule has 3 aromatic rings. The third-order valence-corrected chi connectivity index (χ3v) is 8.15. The largest absolute Gasteiger partial charge is 0.349 e. The molecule has 0 aliphatic carbocycles. The van der Waals surface area contributed by atoms with E-state index in [1.807, 2.05) is 59.5 Å². The molecule has 3 aromatic carbocycles. The van der Waals surface area contributed by atoms with Gasteiger partial charge in [-0.05, 0) is 42.0 Å². The van der Waals surface area contributed by atoms with Crippen molar-refractivity contribution in [2.45, 2.75) is 15.7 Å². The van der Waals surface area contributed by atoms with Crippen LogP contribution in [-0.4, -0.2) is 5.84 Å². The Bertz CT molecular complexity index is 1460. The Kier molecular flexibility index (Phi) is 4.55. The molecule has 0 spiro atoms. The number of fused-ring (bicyclic) bond motifs is 4. The van der Waals surface area contributed by atoms with Gasteiger partial charge >= 0.3 is 0 Å². The van der Waals surface area contributed by atoms with Crippen molar-refractivity contribution in [2.24, 2.45) is 0 Å². The van der Waals surface area contributed by atoms with Gasteiger partial charge in [0.05, 0.1) is 45.6 Å². The molecule has 7 heteroatoms. The first-order valence-electron chi connectivity index (χ1n) is 10.3. The molecule has 1 unspecified atom stereocenters. The lowest BCUT2D eigenvalue weighted by Gasteiger charge is -2.35. The van der Waals surface area contributed by atoms with Crippen LogP contribution in [0.4, 0.5) is 11.4 Å². The van der Waals surface area contributed by atoms with Gasteiger partial charge in [0.2, 0.25) is 0 Å². The predicted octanol–water partition coefficient (Wildman–Crippen LogP) is 6.41. The van der Waals surface area contributed by atoms with E-state index in [9.17, 15) is 15.9 Å². The Hall–Kier alpha value is -3.91. The number of hydrogen-bond donors (Lipinski definition) is 2. The summed E-state index contributed by atoms with van der Waals surface area (Å²) in [6.07, 6.45) is 0. The van der Waals surface area contributed by atoms with Crippen LogP contribution in [0.1, 0.15) is 17.0 Å². The molecular formula is C26H15N5S2. The predicted molar refractivity (Wildman–Crippen MR) is 132 cm³/mol. The summed E-state index contributed by atoms with van der Waals surface area (Å²) < 4.78 is 0. The van der Waals surface area contributed by atoms with E-state index >= 15 is 0 Å². The summed E-state index contributed by atoms with van der Waals surface area (Å²) in [6, 6.07) is 28.0. The van der Waals surface area contributed by atoms with E-state index in [0.29, 0.717) is 17.0 Å². The molecule has 33 heavy (non-hydrogen) atoms. The van der Waals surface area contributed by atoms with Gasteiger partial charge in [0, 0.05) is 15.4 Å². The standard InChI is InChI=1S/C26H15N5S2/c27-13-15-9-11-16(12-10-15)22-17(14-28)26-31(19-6-2-4-8-21(19)33-26)24(29)23(22)25-30-18-5-1-3-7-20(18)32-25/h1-12,22,29-30H. The number of hydrogen-bond acceptors (Lipinski definition) is 6. The third kappa shape index (κ3) is 2.98. The van der Waals surface area contributed by atoms with Gasteiger partial charge in [-0.2, -0.15) is 10.5 Å². The molecule has 6 rings (SSSR count). The highest BCUT2D eigenvalue weighted by Crippen LogP contribution is 2.56. The molecule has 0 radical (unpaired) electrons. The molecular weight excluding hydrogens is 446 g/mol. The highest BCUT2D eigenvalue weighted by atomic mass is 32.2. The zero-order valence-corrected chi connectivity index (χ0v) is 18.8. The second-order valence-electron chi connectivity index (χ2n) is 7.72. The van der Waals surface area contributed by atoms with Crippen LogP contribution in [0, 0.1) is 28.1 Å². The fourth-order valence-electron chi connectivity index (χ4n) is 4.38. The van der Waals surface area contributed by atoms with Gasteiger partial charge in [0.25, 0.3) is 0 Å². The summed E-state index contributed by atoms with van der Waals surface area (Å²) in [6.45, 7) is 0. The lowest BCUT2D eigenvalue weighted by molar-refractivity contribution is 0.939. The maximum Gasteiger partial charge on any atom is 0.137 e. The molecule has 1 atom stereocenters. The van der Waals surface area contributed by atoms with Crippen LogP contribution in [0.3, 0.4) is 0 Å². The van der Waals surface area contributed by atoms with Gasteiger partial charge in [-0.3, -0.25) is 10.3 Å². The quantitative estimate of drug-likeness (QED) is 0.435. The van der Waals surface area contributed by atoms with Crippen LogP contribution in [0.2, 0.25) is 0 Å². The van der Waals surface area contributed by atoms with Crippen molar-refractivity contribution in [1.29, 1.82) is 15.9 Å². The molecule has 3 heterocycles. The molecule has 0 saturated heterocycles. The number of nitrogens with zero attached hydrogens (tertiary/aromatic N) is 3. The van der Waals surface area contributed by atoms with Crippen LogP contribution in [0.25, 0.3) is 0 Å². The third-order valence-electron chi connectivity index (χ3n) is 5.89. The Balaban J connectivity index is 1.60. The topological polar surface area (TPSA) is 86.7 Å². The van der Waals surface area contributed by atoms with E-state index in [0.717, 1.165) is 42.4 Å². The van der Waals surface area contributed by atoms with Crippen molar-refractivity contribution in [3.8, 4) is 12.1 Å². The number of allylic oxidation sites excluding steroid dienone is 1. The molecule has 0 fully saturated rings. The normalized spacial score (nSPS) is 20.5. The van der Waals surface area contributed by atoms with Gasteiger partial charge in [-0.1, -0.05) is 59.9 Å². The summed E-state index contributed by atoms with van der Waals surface area (Å²) in [5.41, 5.74) is 4.75. The van der Waals surface area contributed by atoms with Crippen molar-refractivity contribution < 1.29 is 0 Å². The van der Waals surface area contributed by atoms with Crippen molar-refractivity contribution >= 4 is 40.7 Å². The number of rotatable bonds is 1. The van der Waals surface area contributed by atoms with Crippen LogP contribution >= 0.6 is 23.5 Å². The van der Waals surface area contributed by atoms with Crippen molar-refractivity contribution in [3.05, 3.63) is 105 Å². The smallest absolute Gasteiger partial charge is 0.137 e. The fraction of sp³-hybridized carbons (Fsp3) is 0.0385. The average molecular weight is 462 g/mol. The van der Waals surface area contributed by atoms with Crippen LogP contribution < -0.4 is 10.2 Å². The van der Waals surface area contributed by atoms with Crippen LogP contribution in [0.15, 0.2) is 104 Å². The molecule has 5 nitrogen and oxygen atoms in total. The first-order valence-corrected chi connectivity index (χ1v) is 11.9. The molecule has 3 aliphatic rings. The summed E-state index contributed by atoms with van der Waals surface area (Å²) in [5.74, 6) is -0.0498.